The number of aryl methyl sites for hydroxylation is 1. The molecule has 29 heavy (non-hydrogen) atoms. The SMILES string of the molecule is Cc1c(C)n(Cc2ccc(F)cc2)c2ccnc(NCc3ccc(F)cc3)c12.Cl. The first-order valence-electron chi connectivity index (χ1n) is 9.20. The van der Waals surface area contributed by atoms with Crippen LogP contribution in [0.4, 0.5) is 14.6 Å². The van der Waals surface area contributed by atoms with Gasteiger partial charge in [0.05, 0.1) is 5.52 Å². The number of fused-ring (bicyclic) bond motifs is 1. The van der Waals surface area contributed by atoms with E-state index in [4.69, 9.17) is 0 Å². The van der Waals surface area contributed by atoms with Gasteiger partial charge in [0.25, 0.3) is 0 Å². The number of anilines is 1. The molecular formula is C23H22ClF2N3. The summed E-state index contributed by atoms with van der Waals surface area (Å²) in [4.78, 5) is 4.53. The number of benzene rings is 2. The lowest BCUT2D eigenvalue weighted by atomic mass is 10.1. The molecule has 0 atom stereocenters. The van der Waals surface area contributed by atoms with Gasteiger partial charge >= 0.3 is 0 Å². The Morgan fingerprint density at radius 1 is 0.862 bits per heavy atom. The Kier molecular flexibility index (Phi) is 6.18. The van der Waals surface area contributed by atoms with Crippen molar-refractivity contribution in [1.29, 1.82) is 0 Å². The molecule has 0 saturated heterocycles. The highest BCUT2D eigenvalue weighted by Gasteiger charge is 2.15. The minimum Gasteiger partial charge on any atom is -0.365 e. The second-order valence-corrected chi connectivity index (χ2v) is 6.96. The zero-order chi connectivity index (χ0) is 19.7. The molecule has 0 amide bonds. The average Bonchev–Trinajstić information content (AvgIpc) is 2.94. The molecule has 0 bridgehead atoms. The molecule has 6 heteroatoms. The van der Waals surface area contributed by atoms with Gasteiger partial charge in [0.15, 0.2) is 0 Å². The Morgan fingerprint density at radius 3 is 2.07 bits per heavy atom. The number of nitrogens with one attached hydrogen (secondary N) is 1. The lowest BCUT2D eigenvalue weighted by Crippen LogP contribution is -2.03. The zero-order valence-corrected chi connectivity index (χ0v) is 17.1. The molecule has 0 unspecified atom stereocenters. The summed E-state index contributed by atoms with van der Waals surface area (Å²) in [6.45, 7) is 5.40. The molecule has 2 aromatic heterocycles. The Bertz CT molecular complexity index is 1120. The van der Waals surface area contributed by atoms with Crippen molar-refractivity contribution >= 4 is 29.1 Å². The van der Waals surface area contributed by atoms with Gasteiger partial charge in [-0.3, -0.25) is 0 Å². The van der Waals surface area contributed by atoms with E-state index in [1.165, 1.54) is 24.3 Å². The standard InChI is InChI=1S/C23H21F2N3.ClH/c1-15-16(2)28(14-18-5-9-20(25)10-6-18)21-11-12-26-23(22(15)21)27-13-17-3-7-19(24)8-4-17;/h3-12H,13-14H2,1-2H3,(H,26,27);1H. The van der Waals surface area contributed by atoms with Crippen LogP contribution >= 0.6 is 12.4 Å². The van der Waals surface area contributed by atoms with Gasteiger partial charge in [0, 0.05) is 30.4 Å². The van der Waals surface area contributed by atoms with Gasteiger partial charge in [-0.15, -0.1) is 12.4 Å². The third-order valence-electron chi connectivity index (χ3n) is 5.17. The van der Waals surface area contributed by atoms with E-state index < -0.39 is 0 Å². The molecule has 0 radical (unpaired) electrons. The molecule has 2 aromatic carbocycles. The van der Waals surface area contributed by atoms with Crippen molar-refractivity contribution in [1.82, 2.24) is 9.55 Å². The summed E-state index contributed by atoms with van der Waals surface area (Å²) in [5.41, 5.74) is 5.42. The van der Waals surface area contributed by atoms with E-state index in [9.17, 15) is 8.78 Å². The van der Waals surface area contributed by atoms with Gasteiger partial charge in [0.2, 0.25) is 0 Å². The summed E-state index contributed by atoms with van der Waals surface area (Å²) in [5.74, 6) is 0.332. The lowest BCUT2D eigenvalue weighted by molar-refractivity contribution is 0.626. The van der Waals surface area contributed by atoms with Crippen LogP contribution in [0.2, 0.25) is 0 Å². The van der Waals surface area contributed by atoms with Crippen molar-refractivity contribution in [3.8, 4) is 0 Å². The van der Waals surface area contributed by atoms with Gasteiger partial charge in [-0.2, -0.15) is 0 Å². The Balaban J connectivity index is 0.00000240. The molecule has 0 aliphatic carbocycles. The topological polar surface area (TPSA) is 29.9 Å². The van der Waals surface area contributed by atoms with Crippen LogP contribution in [-0.4, -0.2) is 9.55 Å². The summed E-state index contributed by atoms with van der Waals surface area (Å²) >= 11 is 0. The molecule has 3 nitrogen and oxygen atoms in total. The Hall–Kier alpha value is -2.92. The van der Waals surface area contributed by atoms with Crippen LogP contribution < -0.4 is 5.32 Å². The van der Waals surface area contributed by atoms with Gasteiger partial charge in [-0.1, -0.05) is 24.3 Å². The number of rotatable bonds is 5. The average molecular weight is 414 g/mol. The van der Waals surface area contributed by atoms with E-state index in [2.05, 4.69) is 28.7 Å². The second-order valence-electron chi connectivity index (χ2n) is 6.96. The highest BCUT2D eigenvalue weighted by atomic mass is 35.5. The number of nitrogens with zero attached hydrogens (tertiary/aromatic N) is 2. The molecule has 0 fully saturated rings. The van der Waals surface area contributed by atoms with Gasteiger partial charge in [-0.25, -0.2) is 13.8 Å². The van der Waals surface area contributed by atoms with Crippen LogP contribution in [0.25, 0.3) is 10.9 Å². The zero-order valence-electron chi connectivity index (χ0n) is 16.2. The number of hydrogen-bond donors (Lipinski definition) is 1. The van der Waals surface area contributed by atoms with Crippen molar-refractivity contribution in [3.05, 3.63) is 94.8 Å². The minimum absolute atomic E-state index is 0. The van der Waals surface area contributed by atoms with E-state index in [-0.39, 0.29) is 24.0 Å². The highest BCUT2D eigenvalue weighted by molar-refractivity contribution is 5.94. The van der Waals surface area contributed by atoms with E-state index >= 15 is 0 Å². The molecular weight excluding hydrogens is 392 g/mol. The van der Waals surface area contributed by atoms with Crippen LogP contribution in [0.5, 0.6) is 0 Å². The first-order chi connectivity index (χ1) is 13.5. The smallest absolute Gasteiger partial charge is 0.135 e. The second kappa shape index (κ2) is 8.62. The molecule has 4 aromatic rings. The maximum atomic E-state index is 13.2. The van der Waals surface area contributed by atoms with E-state index in [1.54, 1.807) is 18.3 Å². The molecule has 0 saturated carbocycles. The predicted molar refractivity (Wildman–Crippen MR) is 116 cm³/mol. The third-order valence-corrected chi connectivity index (χ3v) is 5.17. The Morgan fingerprint density at radius 2 is 1.45 bits per heavy atom. The largest absolute Gasteiger partial charge is 0.365 e. The van der Waals surface area contributed by atoms with Crippen LogP contribution in [0.3, 0.4) is 0 Å². The molecule has 150 valence electrons. The first kappa shape index (κ1) is 20.8. The van der Waals surface area contributed by atoms with Crippen molar-refractivity contribution in [2.45, 2.75) is 26.9 Å². The van der Waals surface area contributed by atoms with Gasteiger partial charge < -0.3 is 9.88 Å². The monoisotopic (exact) mass is 413 g/mol. The quantitative estimate of drug-likeness (QED) is 0.434. The molecule has 4 rings (SSSR count). The van der Waals surface area contributed by atoms with Crippen molar-refractivity contribution in [2.75, 3.05) is 5.32 Å². The number of pyridine rings is 1. The maximum Gasteiger partial charge on any atom is 0.135 e. The summed E-state index contributed by atoms with van der Waals surface area (Å²) in [7, 11) is 0. The number of hydrogen-bond acceptors (Lipinski definition) is 2. The van der Waals surface area contributed by atoms with Crippen LogP contribution in [0.1, 0.15) is 22.4 Å². The fraction of sp³-hybridized carbons (Fsp3) is 0.174. The van der Waals surface area contributed by atoms with Crippen LogP contribution in [-0.2, 0) is 13.1 Å². The van der Waals surface area contributed by atoms with Gasteiger partial charge in [-0.05, 0) is 60.9 Å². The van der Waals surface area contributed by atoms with Crippen molar-refractivity contribution < 1.29 is 8.78 Å². The van der Waals surface area contributed by atoms with Crippen molar-refractivity contribution in [3.63, 3.8) is 0 Å². The van der Waals surface area contributed by atoms with Crippen molar-refractivity contribution in [2.24, 2.45) is 0 Å². The highest BCUT2D eigenvalue weighted by Crippen LogP contribution is 2.31. The van der Waals surface area contributed by atoms with E-state index in [1.807, 2.05) is 18.2 Å². The van der Waals surface area contributed by atoms with Crippen LogP contribution in [0.15, 0.2) is 60.8 Å². The number of aromatic nitrogens is 2. The Labute approximate surface area is 174 Å². The van der Waals surface area contributed by atoms with Gasteiger partial charge in [0.1, 0.15) is 17.5 Å². The number of halogens is 3. The molecule has 0 spiro atoms. The summed E-state index contributed by atoms with van der Waals surface area (Å²) in [5, 5.41) is 4.45. The fourth-order valence-corrected chi connectivity index (χ4v) is 3.51. The van der Waals surface area contributed by atoms with E-state index in [0.717, 1.165) is 39.1 Å². The molecule has 0 aliphatic rings. The summed E-state index contributed by atoms with van der Waals surface area (Å²) < 4.78 is 28.5. The predicted octanol–water partition coefficient (Wildman–Crippen LogP) is 6.01. The van der Waals surface area contributed by atoms with Crippen LogP contribution in [0, 0.1) is 25.5 Å². The normalized spacial score (nSPS) is 10.8. The fourth-order valence-electron chi connectivity index (χ4n) is 3.51. The molecule has 1 N–H and O–H groups in total. The minimum atomic E-state index is -0.242. The molecule has 2 heterocycles. The summed E-state index contributed by atoms with van der Waals surface area (Å²) in [6, 6.07) is 15.0. The maximum absolute atomic E-state index is 13.2. The van der Waals surface area contributed by atoms with E-state index in [0.29, 0.717) is 13.1 Å². The lowest BCUT2D eigenvalue weighted by Gasteiger charge is -2.10. The first-order valence-corrected chi connectivity index (χ1v) is 9.20. The summed E-state index contributed by atoms with van der Waals surface area (Å²) in [6.07, 6.45) is 1.79. The third kappa shape index (κ3) is 4.25. The molecule has 0 aliphatic heterocycles.